The molecular weight excluding hydrogens is 296 g/mol. The summed E-state index contributed by atoms with van der Waals surface area (Å²) in [4.78, 5) is 0. The zero-order valence-electron chi connectivity index (χ0n) is 13.0. The molecule has 23 heavy (non-hydrogen) atoms. The van der Waals surface area contributed by atoms with Gasteiger partial charge in [-0.05, 0) is 59.5 Å². The van der Waals surface area contributed by atoms with Crippen LogP contribution in [0.1, 0.15) is 17.5 Å². The van der Waals surface area contributed by atoms with E-state index < -0.39 is 0 Å². The van der Waals surface area contributed by atoms with Gasteiger partial charge in [-0.1, -0.05) is 24.3 Å². The van der Waals surface area contributed by atoms with Crippen LogP contribution in [0.25, 0.3) is 5.57 Å². The van der Waals surface area contributed by atoms with Gasteiger partial charge in [0.25, 0.3) is 0 Å². The molecule has 120 valence electrons. The summed E-state index contributed by atoms with van der Waals surface area (Å²) >= 11 is 0. The van der Waals surface area contributed by atoms with Gasteiger partial charge in [-0.2, -0.15) is 0 Å². The fourth-order valence-corrected chi connectivity index (χ4v) is 3.02. The second kappa shape index (κ2) is 7.02. The minimum Gasteiger partial charge on any atom is -0.376 e. The Kier molecular flexibility index (Phi) is 4.84. The Bertz CT molecular complexity index is 645. The Hall–Kier alpha value is -2.04. The average molecular weight is 315 g/mol. The summed E-state index contributed by atoms with van der Waals surface area (Å²) in [5, 5.41) is 3.31. The first-order valence-electron chi connectivity index (χ1n) is 7.67. The standard InChI is InChI=1S/C19H19F2NO/c1-23-18-12-22-11-10-17(18)19(13-2-6-15(20)7-3-13)14-4-8-16(21)9-5-14/h2-9,18,22H,10-12H2,1H3. The topological polar surface area (TPSA) is 21.3 Å². The first-order chi connectivity index (χ1) is 11.2. The average Bonchev–Trinajstić information content (AvgIpc) is 2.59. The first-order valence-corrected chi connectivity index (χ1v) is 7.67. The van der Waals surface area contributed by atoms with Crippen LogP contribution >= 0.6 is 0 Å². The Morgan fingerprint density at radius 2 is 1.48 bits per heavy atom. The van der Waals surface area contributed by atoms with E-state index in [1.165, 1.54) is 24.3 Å². The third kappa shape index (κ3) is 3.49. The van der Waals surface area contributed by atoms with Crippen molar-refractivity contribution in [1.29, 1.82) is 0 Å². The summed E-state index contributed by atoms with van der Waals surface area (Å²) < 4.78 is 32.2. The van der Waals surface area contributed by atoms with Crippen molar-refractivity contribution in [3.63, 3.8) is 0 Å². The van der Waals surface area contributed by atoms with E-state index in [0.29, 0.717) is 0 Å². The molecule has 1 N–H and O–H groups in total. The lowest BCUT2D eigenvalue weighted by Crippen LogP contribution is -2.37. The fourth-order valence-electron chi connectivity index (χ4n) is 3.02. The maximum Gasteiger partial charge on any atom is 0.123 e. The first kappa shape index (κ1) is 15.8. The molecule has 1 aliphatic rings. The molecule has 0 amide bonds. The lowest BCUT2D eigenvalue weighted by Gasteiger charge is -2.28. The molecule has 1 heterocycles. The van der Waals surface area contributed by atoms with Crippen LogP contribution in [-0.4, -0.2) is 26.3 Å². The highest BCUT2D eigenvalue weighted by atomic mass is 19.1. The van der Waals surface area contributed by atoms with E-state index in [1.54, 1.807) is 31.4 Å². The SMILES string of the molecule is COC1CNCCC1=C(c1ccc(F)cc1)c1ccc(F)cc1. The van der Waals surface area contributed by atoms with Gasteiger partial charge in [0.1, 0.15) is 11.6 Å². The molecule has 2 nitrogen and oxygen atoms in total. The van der Waals surface area contributed by atoms with Crippen LogP contribution in [0.5, 0.6) is 0 Å². The molecule has 0 aromatic heterocycles. The van der Waals surface area contributed by atoms with E-state index in [0.717, 1.165) is 41.8 Å². The van der Waals surface area contributed by atoms with Gasteiger partial charge >= 0.3 is 0 Å². The lowest BCUT2D eigenvalue weighted by atomic mass is 9.87. The van der Waals surface area contributed by atoms with Crippen molar-refractivity contribution < 1.29 is 13.5 Å². The molecule has 0 radical (unpaired) electrons. The molecule has 2 aromatic rings. The second-order valence-electron chi connectivity index (χ2n) is 5.59. The summed E-state index contributed by atoms with van der Waals surface area (Å²) in [6, 6.07) is 12.8. The number of piperidine rings is 1. The maximum atomic E-state index is 13.3. The summed E-state index contributed by atoms with van der Waals surface area (Å²) in [5.41, 5.74) is 3.98. The van der Waals surface area contributed by atoms with E-state index in [9.17, 15) is 8.78 Å². The quantitative estimate of drug-likeness (QED) is 0.931. The summed E-state index contributed by atoms with van der Waals surface area (Å²) in [5.74, 6) is -0.545. The summed E-state index contributed by atoms with van der Waals surface area (Å²) in [6.45, 7) is 1.60. The van der Waals surface area contributed by atoms with E-state index >= 15 is 0 Å². The van der Waals surface area contributed by atoms with E-state index in [4.69, 9.17) is 4.74 Å². The molecule has 1 unspecified atom stereocenters. The van der Waals surface area contributed by atoms with Gasteiger partial charge in [-0.15, -0.1) is 0 Å². The molecule has 1 aliphatic heterocycles. The molecule has 1 fully saturated rings. The zero-order valence-corrected chi connectivity index (χ0v) is 13.0. The molecule has 0 spiro atoms. The Morgan fingerprint density at radius 1 is 0.957 bits per heavy atom. The van der Waals surface area contributed by atoms with Crippen molar-refractivity contribution >= 4 is 5.57 Å². The highest BCUT2D eigenvalue weighted by molar-refractivity contribution is 5.82. The number of ether oxygens (including phenoxy) is 1. The molecule has 0 saturated carbocycles. The minimum atomic E-state index is -0.272. The molecule has 4 heteroatoms. The molecule has 1 saturated heterocycles. The van der Waals surface area contributed by atoms with Gasteiger partial charge < -0.3 is 10.1 Å². The van der Waals surface area contributed by atoms with Crippen LogP contribution in [0, 0.1) is 11.6 Å². The molecular formula is C19H19F2NO. The van der Waals surface area contributed by atoms with Crippen molar-refractivity contribution in [3.8, 4) is 0 Å². The number of nitrogens with one attached hydrogen (secondary N) is 1. The minimum absolute atomic E-state index is 0.0474. The van der Waals surface area contributed by atoms with Crippen LogP contribution in [0.3, 0.4) is 0 Å². The Balaban J connectivity index is 2.16. The predicted molar refractivity (Wildman–Crippen MR) is 87.1 cm³/mol. The lowest BCUT2D eigenvalue weighted by molar-refractivity contribution is 0.119. The number of halogens is 2. The van der Waals surface area contributed by atoms with Crippen LogP contribution in [0.4, 0.5) is 8.78 Å². The number of hydrogen-bond acceptors (Lipinski definition) is 2. The maximum absolute atomic E-state index is 13.3. The summed E-state index contributed by atoms with van der Waals surface area (Å²) in [6.07, 6.45) is 0.789. The molecule has 3 rings (SSSR count). The highest BCUT2D eigenvalue weighted by Gasteiger charge is 2.23. The van der Waals surface area contributed by atoms with Gasteiger partial charge in [0.15, 0.2) is 0 Å². The fraction of sp³-hybridized carbons (Fsp3) is 0.263. The number of benzene rings is 2. The molecule has 0 aliphatic carbocycles. The molecule has 0 bridgehead atoms. The largest absolute Gasteiger partial charge is 0.376 e. The van der Waals surface area contributed by atoms with Crippen LogP contribution in [0.15, 0.2) is 54.1 Å². The Morgan fingerprint density at radius 3 is 1.96 bits per heavy atom. The Labute approximate surface area is 134 Å². The summed E-state index contributed by atoms with van der Waals surface area (Å²) in [7, 11) is 1.69. The van der Waals surface area contributed by atoms with Gasteiger partial charge in [-0.3, -0.25) is 0 Å². The highest BCUT2D eigenvalue weighted by Crippen LogP contribution is 2.32. The monoisotopic (exact) mass is 315 g/mol. The van der Waals surface area contributed by atoms with E-state index in [-0.39, 0.29) is 17.7 Å². The van der Waals surface area contributed by atoms with Crippen molar-refractivity contribution in [2.45, 2.75) is 12.5 Å². The second-order valence-corrected chi connectivity index (χ2v) is 5.59. The van der Waals surface area contributed by atoms with Crippen LogP contribution in [-0.2, 0) is 4.74 Å². The van der Waals surface area contributed by atoms with Crippen LogP contribution in [0.2, 0.25) is 0 Å². The van der Waals surface area contributed by atoms with Gasteiger partial charge in [0.05, 0.1) is 6.10 Å². The predicted octanol–water partition coefficient (Wildman–Crippen LogP) is 3.78. The van der Waals surface area contributed by atoms with Crippen LogP contribution < -0.4 is 5.32 Å². The van der Waals surface area contributed by atoms with Gasteiger partial charge in [-0.25, -0.2) is 8.78 Å². The number of methoxy groups -OCH3 is 1. The van der Waals surface area contributed by atoms with Crippen molar-refractivity contribution in [2.75, 3.05) is 20.2 Å². The smallest absolute Gasteiger partial charge is 0.123 e. The zero-order chi connectivity index (χ0) is 16.2. The number of rotatable bonds is 3. The van der Waals surface area contributed by atoms with Gasteiger partial charge in [0.2, 0.25) is 0 Å². The normalized spacial score (nSPS) is 18.0. The van der Waals surface area contributed by atoms with E-state index in [1.807, 2.05) is 0 Å². The third-order valence-electron chi connectivity index (χ3n) is 4.16. The molecule has 1 atom stereocenters. The molecule has 2 aromatic carbocycles. The van der Waals surface area contributed by atoms with Crippen molar-refractivity contribution in [1.82, 2.24) is 5.32 Å². The van der Waals surface area contributed by atoms with Crippen molar-refractivity contribution in [3.05, 3.63) is 76.9 Å². The van der Waals surface area contributed by atoms with Crippen molar-refractivity contribution in [2.24, 2.45) is 0 Å². The third-order valence-corrected chi connectivity index (χ3v) is 4.16. The van der Waals surface area contributed by atoms with Gasteiger partial charge in [0, 0.05) is 13.7 Å². The van der Waals surface area contributed by atoms with E-state index in [2.05, 4.69) is 5.32 Å². The number of hydrogen-bond donors (Lipinski definition) is 1.